The summed E-state index contributed by atoms with van der Waals surface area (Å²) in [6.07, 6.45) is 8.52. The van der Waals surface area contributed by atoms with Crippen LogP contribution in [0.1, 0.15) is 69.8 Å². The highest BCUT2D eigenvalue weighted by Gasteiger charge is 2.27. The Hall–Kier alpha value is -2.17. The van der Waals surface area contributed by atoms with E-state index in [1.807, 2.05) is 35.2 Å². The zero-order valence-electron chi connectivity index (χ0n) is 17.0. The van der Waals surface area contributed by atoms with Crippen molar-refractivity contribution in [1.29, 1.82) is 0 Å². The molecule has 0 N–H and O–H groups in total. The van der Waals surface area contributed by atoms with Crippen LogP contribution < -0.4 is 0 Å². The molecule has 0 saturated carbocycles. The number of hydrogen-bond acceptors (Lipinski definition) is 4. The molecule has 0 unspecified atom stereocenters. The molecule has 1 aromatic rings. The predicted molar refractivity (Wildman–Crippen MR) is 109 cm³/mol. The number of unbranched alkanes of at least 4 members (excludes halogenated alkanes) is 3. The normalized spacial score (nSPS) is 16.8. The molecule has 0 radical (unpaired) electrons. The van der Waals surface area contributed by atoms with Gasteiger partial charge in [-0.3, -0.25) is 14.4 Å². The van der Waals surface area contributed by atoms with Crippen molar-refractivity contribution in [3.8, 4) is 0 Å². The van der Waals surface area contributed by atoms with E-state index in [2.05, 4.69) is 4.74 Å². The van der Waals surface area contributed by atoms with Crippen LogP contribution in [0, 0.1) is 0 Å². The Morgan fingerprint density at radius 2 is 1.82 bits per heavy atom. The average Bonchev–Trinajstić information content (AvgIpc) is 2.70. The van der Waals surface area contributed by atoms with Gasteiger partial charge in [-0.2, -0.15) is 0 Å². The molecule has 0 bridgehead atoms. The third-order valence-electron chi connectivity index (χ3n) is 5.45. The fourth-order valence-electron chi connectivity index (χ4n) is 3.85. The van der Waals surface area contributed by atoms with E-state index in [0.29, 0.717) is 25.7 Å². The second-order valence-electron chi connectivity index (χ2n) is 7.61. The molecule has 0 spiro atoms. The van der Waals surface area contributed by atoms with E-state index in [1.54, 1.807) is 0 Å². The van der Waals surface area contributed by atoms with Gasteiger partial charge >= 0.3 is 5.97 Å². The lowest BCUT2D eigenvalue weighted by atomic mass is 9.94. The highest BCUT2D eigenvalue weighted by molar-refractivity contribution is 5.81. The molecule has 1 aliphatic heterocycles. The van der Waals surface area contributed by atoms with E-state index < -0.39 is 0 Å². The van der Waals surface area contributed by atoms with Crippen molar-refractivity contribution in [2.24, 2.45) is 0 Å². The molecule has 1 saturated heterocycles. The second kappa shape index (κ2) is 12.3. The van der Waals surface area contributed by atoms with Crippen LogP contribution in [0.15, 0.2) is 30.3 Å². The molecule has 28 heavy (non-hydrogen) atoms. The lowest BCUT2D eigenvalue weighted by Gasteiger charge is -2.36. The Kier molecular flexibility index (Phi) is 9.73. The quantitative estimate of drug-likeness (QED) is 0.400. The zero-order chi connectivity index (χ0) is 20.2. The lowest BCUT2D eigenvalue weighted by Crippen LogP contribution is -2.44. The van der Waals surface area contributed by atoms with Crippen LogP contribution in [0.2, 0.25) is 0 Å². The van der Waals surface area contributed by atoms with Gasteiger partial charge in [-0.1, -0.05) is 43.2 Å². The van der Waals surface area contributed by atoms with Gasteiger partial charge < -0.3 is 9.64 Å². The molecule has 1 aliphatic rings. The monoisotopic (exact) mass is 387 g/mol. The van der Waals surface area contributed by atoms with E-state index in [4.69, 9.17) is 0 Å². The van der Waals surface area contributed by atoms with Crippen LogP contribution in [0.4, 0.5) is 0 Å². The van der Waals surface area contributed by atoms with Crippen molar-refractivity contribution in [1.82, 2.24) is 4.90 Å². The molecule has 1 fully saturated rings. The van der Waals surface area contributed by atoms with Gasteiger partial charge in [0.25, 0.3) is 0 Å². The molecule has 0 aliphatic carbocycles. The molecular formula is C23H33NO4. The standard InChI is InChI=1S/C23H33NO4/c1-28-23(27)14-7-2-3-8-17-24-20(12-9-13-22(24)26)15-16-21(25)18-19-10-5-4-6-11-19/h4-6,10-11,20H,2-3,7-9,12-18H2,1H3/t20-/m1/s1. The summed E-state index contributed by atoms with van der Waals surface area (Å²) in [5, 5.41) is 0. The summed E-state index contributed by atoms with van der Waals surface area (Å²) in [5.41, 5.74) is 1.05. The SMILES string of the molecule is COC(=O)CCCCCCN1C(=O)CCC[C@@H]1CCC(=O)Cc1ccccc1. The van der Waals surface area contributed by atoms with Crippen LogP contribution in [0.5, 0.6) is 0 Å². The van der Waals surface area contributed by atoms with Gasteiger partial charge in [-0.05, 0) is 37.7 Å². The van der Waals surface area contributed by atoms with E-state index in [0.717, 1.165) is 57.1 Å². The largest absolute Gasteiger partial charge is 0.469 e. The van der Waals surface area contributed by atoms with Crippen LogP contribution in [0.25, 0.3) is 0 Å². The Morgan fingerprint density at radius 3 is 2.57 bits per heavy atom. The number of esters is 1. The molecule has 1 amide bonds. The van der Waals surface area contributed by atoms with Gasteiger partial charge in [0.05, 0.1) is 7.11 Å². The number of ether oxygens (including phenoxy) is 1. The Labute approximate surface area is 168 Å². The molecule has 154 valence electrons. The first-order chi connectivity index (χ1) is 13.6. The van der Waals surface area contributed by atoms with Gasteiger partial charge in [0.1, 0.15) is 5.78 Å². The van der Waals surface area contributed by atoms with Gasteiger partial charge in [0, 0.05) is 38.3 Å². The van der Waals surface area contributed by atoms with Crippen molar-refractivity contribution < 1.29 is 19.1 Å². The third-order valence-corrected chi connectivity index (χ3v) is 5.45. The number of hydrogen-bond donors (Lipinski definition) is 0. The van der Waals surface area contributed by atoms with Crippen LogP contribution in [-0.4, -0.2) is 42.3 Å². The Morgan fingerprint density at radius 1 is 1.07 bits per heavy atom. The summed E-state index contributed by atoms with van der Waals surface area (Å²) in [7, 11) is 1.41. The Bertz CT molecular complexity index is 629. The third kappa shape index (κ3) is 7.83. The first kappa shape index (κ1) is 22.1. The number of rotatable bonds is 12. The summed E-state index contributed by atoms with van der Waals surface area (Å²) < 4.78 is 4.64. The van der Waals surface area contributed by atoms with Crippen LogP contribution in [-0.2, 0) is 25.5 Å². The van der Waals surface area contributed by atoms with Gasteiger partial charge in [-0.15, -0.1) is 0 Å². The summed E-state index contributed by atoms with van der Waals surface area (Å²) in [6, 6.07) is 10.0. The fourth-order valence-corrected chi connectivity index (χ4v) is 3.85. The number of piperidine rings is 1. The first-order valence-electron chi connectivity index (χ1n) is 10.5. The first-order valence-corrected chi connectivity index (χ1v) is 10.5. The highest BCUT2D eigenvalue weighted by atomic mass is 16.5. The summed E-state index contributed by atoms with van der Waals surface area (Å²) in [5.74, 6) is 0.305. The second-order valence-corrected chi connectivity index (χ2v) is 7.61. The minimum Gasteiger partial charge on any atom is -0.469 e. The maximum atomic E-state index is 12.4. The summed E-state index contributed by atoms with van der Waals surface area (Å²) >= 11 is 0. The number of amides is 1. The van der Waals surface area contributed by atoms with E-state index >= 15 is 0 Å². The maximum Gasteiger partial charge on any atom is 0.305 e. The minimum absolute atomic E-state index is 0.161. The number of Topliss-reactive ketones (excluding diaryl/α,β-unsaturated/α-hetero) is 1. The summed E-state index contributed by atoms with van der Waals surface area (Å²) in [6.45, 7) is 0.759. The number of methoxy groups -OCH3 is 1. The van der Waals surface area contributed by atoms with Crippen LogP contribution >= 0.6 is 0 Å². The molecule has 1 aromatic carbocycles. The van der Waals surface area contributed by atoms with Gasteiger partial charge in [-0.25, -0.2) is 0 Å². The smallest absolute Gasteiger partial charge is 0.305 e. The molecule has 1 atom stereocenters. The number of benzene rings is 1. The summed E-state index contributed by atoms with van der Waals surface area (Å²) in [4.78, 5) is 37.8. The molecular weight excluding hydrogens is 354 g/mol. The molecule has 0 aromatic heterocycles. The lowest BCUT2D eigenvalue weighted by molar-refractivity contribution is -0.140. The van der Waals surface area contributed by atoms with Gasteiger partial charge in [0.2, 0.25) is 5.91 Å². The number of ketones is 1. The number of carbonyl (C=O) groups is 3. The highest BCUT2D eigenvalue weighted by Crippen LogP contribution is 2.23. The van der Waals surface area contributed by atoms with Crippen molar-refractivity contribution in [2.45, 2.75) is 76.7 Å². The van der Waals surface area contributed by atoms with Crippen molar-refractivity contribution in [3.63, 3.8) is 0 Å². The minimum atomic E-state index is -0.161. The van der Waals surface area contributed by atoms with Crippen molar-refractivity contribution in [2.75, 3.05) is 13.7 Å². The number of likely N-dealkylation sites (tertiary alicyclic amines) is 1. The maximum absolute atomic E-state index is 12.4. The van der Waals surface area contributed by atoms with Gasteiger partial charge in [0.15, 0.2) is 0 Å². The number of carbonyl (C=O) groups excluding carboxylic acids is 3. The molecule has 2 rings (SSSR count). The van der Waals surface area contributed by atoms with Crippen molar-refractivity contribution >= 4 is 17.7 Å². The van der Waals surface area contributed by atoms with E-state index in [1.165, 1.54) is 7.11 Å². The average molecular weight is 388 g/mol. The molecule has 5 nitrogen and oxygen atoms in total. The Balaban J connectivity index is 1.71. The van der Waals surface area contributed by atoms with Crippen molar-refractivity contribution in [3.05, 3.63) is 35.9 Å². The molecule has 1 heterocycles. The fraction of sp³-hybridized carbons (Fsp3) is 0.609. The van der Waals surface area contributed by atoms with E-state index in [9.17, 15) is 14.4 Å². The number of nitrogens with zero attached hydrogens (tertiary/aromatic N) is 1. The topological polar surface area (TPSA) is 63.7 Å². The predicted octanol–water partition coefficient (Wildman–Crippen LogP) is 4.08. The molecule has 5 heteroatoms. The van der Waals surface area contributed by atoms with E-state index in [-0.39, 0.29) is 23.7 Å². The zero-order valence-corrected chi connectivity index (χ0v) is 17.0. The van der Waals surface area contributed by atoms with Crippen LogP contribution in [0.3, 0.4) is 0 Å².